The van der Waals surface area contributed by atoms with Crippen LogP contribution in [0.5, 0.6) is 0 Å². The van der Waals surface area contributed by atoms with Crippen molar-refractivity contribution < 1.29 is 4.79 Å². The maximum Gasteiger partial charge on any atom is 0.223 e. The molecule has 0 aromatic carbocycles. The van der Waals surface area contributed by atoms with Crippen LogP contribution in [0.25, 0.3) is 0 Å². The summed E-state index contributed by atoms with van der Waals surface area (Å²) in [5.74, 6) is 2.26. The van der Waals surface area contributed by atoms with Gasteiger partial charge in [-0.3, -0.25) is 4.79 Å². The number of amides is 1. The van der Waals surface area contributed by atoms with Crippen LogP contribution in [0.4, 0.5) is 0 Å². The second kappa shape index (κ2) is 6.20. The van der Waals surface area contributed by atoms with Gasteiger partial charge in [0.2, 0.25) is 5.91 Å². The van der Waals surface area contributed by atoms with Crippen LogP contribution in [-0.4, -0.2) is 20.7 Å². The zero-order valence-corrected chi connectivity index (χ0v) is 11.8. The van der Waals surface area contributed by atoms with Gasteiger partial charge in [-0.05, 0) is 32.1 Å². The predicted molar refractivity (Wildman–Crippen MR) is 75.9 cm³/mol. The van der Waals surface area contributed by atoms with Gasteiger partial charge < -0.3 is 9.88 Å². The van der Waals surface area contributed by atoms with Crippen molar-refractivity contribution in [2.75, 3.05) is 0 Å². The van der Waals surface area contributed by atoms with E-state index in [-0.39, 0.29) is 11.8 Å². The van der Waals surface area contributed by atoms with Gasteiger partial charge in [-0.25, -0.2) is 0 Å². The largest absolute Gasteiger partial charge is 0.349 e. The monoisotopic (exact) mass is 274 g/mol. The van der Waals surface area contributed by atoms with Gasteiger partial charge in [0.05, 0.1) is 6.54 Å². The van der Waals surface area contributed by atoms with E-state index in [2.05, 4.69) is 32.2 Å². The van der Waals surface area contributed by atoms with Crippen LogP contribution in [0, 0.1) is 5.92 Å². The Balaban J connectivity index is 1.59. The zero-order valence-electron chi connectivity index (χ0n) is 11.8. The Bertz CT molecular complexity index is 506. The Hall–Kier alpha value is -1.65. The van der Waals surface area contributed by atoms with Crippen molar-refractivity contribution in [1.82, 2.24) is 20.1 Å². The second-order valence-corrected chi connectivity index (χ2v) is 5.69. The van der Waals surface area contributed by atoms with Crippen LogP contribution in [0.1, 0.15) is 50.2 Å². The summed E-state index contributed by atoms with van der Waals surface area (Å²) in [4.78, 5) is 12.1. The quantitative estimate of drug-likeness (QED) is 0.857. The smallest absolute Gasteiger partial charge is 0.223 e. The SMILES string of the molecule is O=C(NCc1nnc2n1CCCCC2)C1CC=CCC1. The standard InChI is InChI=1S/C15H22N4O/c20-15(12-7-3-1-4-8-12)16-11-14-18-17-13-9-5-2-6-10-19(13)14/h1,3,12H,2,4-11H2,(H,16,20). The Morgan fingerprint density at radius 2 is 2.25 bits per heavy atom. The van der Waals surface area contributed by atoms with Gasteiger partial charge in [0.15, 0.2) is 5.82 Å². The molecular formula is C15H22N4O. The highest BCUT2D eigenvalue weighted by molar-refractivity contribution is 5.78. The summed E-state index contributed by atoms with van der Waals surface area (Å²) in [5, 5.41) is 11.5. The Labute approximate surface area is 119 Å². The van der Waals surface area contributed by atoms with Gasteiger partial charge in [-0.1, -0.05) is 18.6 Å². The lowest BCUT2D eigenvalue weighted by atomic mass is 9.94. The molecule has 0 saturated heterocycles. The van der Waals surface area contributed by atoms with E-state index in [0.717, 1.165) is 43.9 Å². The number of carbonyl (C=O) groups excluding carboxylic acids is 1. The number of fused-ring (bicyclic) bond motifs is 1. The highest BCUT2D eigenvalue weighted by Crippen LogP contribution is 2.18. The highest BCUT2D eigenvalue weighted by atomic mass is 16.1. The molecule has 0 bridgehead atoms. The van der Waals surface area contributed by atoms with E-state index >= 15 is 0 Å². The first-order valence-corrected chi connectivity index (χ1v) is 7.68. The number of carbonyl (C=O) groups is 1. The topological polar surface area (TPSA) is 59.8 Å². The molecule has 1 unspecified atom stereocenters. The fourth-order valence-electron chi connectivity index (χ4n) is 3.02. The fraction of sp³-hybridized carbons (Fsp3) is 0.667. The Morgan fingerprint density at radius 1 is 1.30 bits per heavy atom. The fourth-order valence-corrected chi connectivity index (χ4v) is 3.02. The van der Waals surface area contributed by atoms with E-state index in [4.69, 9.17) is 0 Å². The van der Waals surface area contributed by atoms with Crippen molar-refractivity contribution in [3.63, 3.8) is 0 Å². The number of rotatable bonds is 3. The number of hydrogen-bond donors (Lipinski definition) is 1. The Kier molecular flexibility index (Phi) is 4.14. The third-order valence-electron chi connectivity index (χ3n) is 4.25. The van der Waals surface area contributed by atoms with Crippen LogP contribution in [-0.2, 0) is 24.3 Å². The minimum absolute atomic E-state index is 0.131. The van der Waals surface area contributed by atoms with E-state index in [9.17, 15) is 4.79 Å². The van der Waals surface area contributed by atoms with Crippen LogP contribution < -0.4 is 5.32 Å². The lowest BCUT2D eigenvalue weighted by molar-refractivity contribution is -0.125. The summed E-state index contributed by atoms with van der Waals surface area (Å²) in [6.07, 6.45) is 11.7. The highest BCUT2D eigenvalue weighted by Gasteiger charge is 2.20. The third kappa shape index (κ3) is 2.92. The first-order chi connectivity index (χ1) is 9.84. The van der Waals surface area contributed by atoms with Gasteiger partial charge in [0.25, 0.3) is 0 Å². The maximum absolute atomic E-state index is 12.1. The number of allylic oxidation sites excluding steroid dienone is 2. The summed E-state index contributed by atoms with van der Waals surface area (Å²) < 4.78 is 2.19. The summed E-state index contributed by atoms with van der Waals surface area (Å²) >= 11 is 0. The minimum Gasteiger partial charge on any atom is -0.349 e. The van der Waals surface area contributed by atoms with Gasteiger partial charge >= 0.3 is 0 Å². The molecule has 108 valence electrons. The van der Waals surface area contributed by atoms with E-state index in [1.165, 1.54) is 19.3 Å². The summed E-state index contributed by atoms with van der Waals surface area (Å²) in [5.41, 5.74) is 0. The first kappa shape index (κ1) is 13.3. The average molecular weight is 274 g/mol. The molecule has 0 fully saturated rings. The second-order valence-electron chi connectivity index (χ2n) is 5.69. The first-order valence-electron chi connectivity index (χ1n) is 7.68. The molecule has 0 spiro atoms. The lowest BCUT2D eigenvalue weighted by Crippen LogP contribution is -2.31. The van der Waals surface area contributed by atoms with E-state index in [1.807, 2.05) is 0 Å². The molecule has 5 heteroatoms. The van der Waals surface area contributed by atoms with Crippen molar-refractivity contribution in [2.45, 2.75) is 58.0 Å². The molecular weight excluding hydrogens is 252 g/mol. The summed E-state index contributed by atoms with van der Waals surface area (Å²) in [7, 11) is 0. The number of hydrogen-bond acceptors (Lipinski definition) is 3. The molecule has 1 aliphatic heterocycles. The van der Waals surface area contributed by atoms with E-state index in [1.54, 1.807) is 0 Å². The van der Waals surface area contributed by atoms with E-state index in [0.29, 0.717) is 6.54 Å². The maximum atomic E-state index is 12.1. The molecule has 1 amide bonds. The van der Waals surface area contributed by atoms with Crippen LogP contribution in [0.2, 0.25) is 0 Å². The van der Waals surface area contributed by atoms with Crippen LogP contribution in [0.15, 0.2) is 12.2 Å². The molecule has 1 N–H and O–H groups in total. The summed E-state index contributed by atoms with van der Waals surface area (Å²) in [6, 6.07) is 0. The van der Waals surface area contributed by atoms with Crippen molar-refractivity contribution in [1.29, 1.82) is 0 Å². The molecule has 20 heavy (non-hydrogen) atoms. The molecule has 0 radical (unpaired) electrons. The van der Waals surface area contributed by atoms with E-state index < -0.39 is 0 Å². The number of aryl methyl sites for hydroxylation is 1. The molecule has 0 saturated carbocycles. The molecule has 2 aliphatic rings. The van der Waals surface area contributed by atoms with Gasteiger partial charge in [-0.2, -0.15) is 0 Å². The van der Waals surface area contributed by atoms with Crippen molar-refractivity contribution in [3.05, 3.63) is 23.8 Å². The molecule has 1 aromatic heterocycles. The molecule has 2 heterocycles. The van der Waals surface area contributed by atoms with Gasteiger partial charge in [0, 0.05) is 18.9 Å². The average Bonchev–Trinajstić information content (AvgIpc) is 2.72. The number of aromatic nitrogens is 3. The zero-order chi connectivity index (χ0) is 13.8. The van der Waals surface area contributed by atoms with Gasteiger partial charge in [0.1, 0.15) is 5.82 Å². The van der Waals surface area contributed by atoms with Crippen molar-refractivity contribution in [2.24, 2.45) is 5.92 Å². The molecule has 1 atom stereocenters. The molecule has 1 aliphatic carbocycles. The number of nitrogens with one attached hydrogen (secondary N) is 1. The lowest BCUT2D eigenvalue weighted by Gasteiger charge is -2.17. The summed E-state index contributed by atoms with van der Waals surface area (Å²) in [6.45, 7) is 1.49. The Morgan fingerprint density at radius 3 is 3.10 bits per heavy atom. The third-order valence-corrected chi connectivity index (χ3v) is 4.25. The van der Waals surface area contributed by atoms with Crippen LogP contribution in [0.3, 0.4) is 0 Å². The van der Waals surface area contributed by atoms with Crippen molar-refractivity contribution in [3.8, 4) is 0 Å². The van der Waals surface area contributed by atoms with Crippen molar-refractivity contribution >= 4 is 5.91 Å². The van der Waals surface area contributed by atoms with Gasteiger partial charge in [-0.15, -0.1) is 10.2 Å². The normalized spacial score (nSPS) is 22.1. The molecule has 3 rings (SSSR count). The predicted octanol–water partition coefficient (Wildman–Crippen LogP) is 1.98. The van der Waals surface area contributed by atoms with Crippen LogP contribution >= 0.6 is 0 Å². The molecule has 5 nitrogen and oxygen atoms in total. The minimum atomic E-state index is 0.131. The molecule has 1 aromatic rings. The number of nitrogens with zero attached hydrogens (tertiary/aromatic N) is 3.